The monoisotopic (exact) mass is 369 g/mol. The minimum absolute atomic E-state index is 0.0556. The molecule has 0 atom stereocenters. The molecule has 0 unspecified atom stereocenters. The van der Waals surface area contributed by atoms with E-state index in [1.807, 2.05) is 0 Å². The van der Waals surface area contributed by atoms with Crippen molar-refractivity contribution in [1.29, 1.82) is 0 Å². The van der Waals surface area contributed by atoms with E-state index in [0.717, 1.165) is 5.69 Å². The molecular formula is C20H20FN3O3. The van der Waals surface area contributed by atoms with Crippen LogP contribution in [0.2, 0.25) is 0 Å². The number of hydrogen-bond donors (Lipinski definition) is 1. The number of likely N-dealkylation sites (tertiary alicyclic amines) is 1. The predicted octanol–water partition coefficient (Wildman–Crippen LogP) is 2.03. The van der Waals surface area contributed by atoms with Gasteiger partial charge in [-0.05, 0) is 42.7 Å². The molecule has 1 N–H and O–H groups in total. The molecule has 1 spiro atoms. The first-order chi connectivity index (χ1) is 13.0. The Morgan fingerprint density at radius 2 is 2.11 bits per heavy atom. The maximum absolute atomic E-state index is 13.8. The summed E-state index contributed by atoms with van der Waals surface area (Å²) < 4.78 is 18.7. The van der Waals surface area contributed by atoms with Gasteiger partial charge in [0, 0.05) is 19.3 Å². The largest absolute Gasteiger partial charge is 0.494 e. The molecule has 2 aromatic rings. The predicted molar refractivity (Wildman–Crippen MR) is 95.9 cm³/mol. The van der Waals surface area contributed by atoms with Gasteiger partial charge in [-0.25, -0.2) is 4.39 Å². The number of methoxy groups -OCH3 is 1. The number of halogens is 1. The normalized spacial score (nSPS) is 17.6. The fourth-order valence-electron chi connectivity index (χ4n) is 3.92. The van der Waals surface area contributed by atoms with Crippen molar-refractivity contribution in [2.75, 3.05) is 20.2 Å². The van der Waals surface area contributed by atoms with E-state index in [0.29, 0.717) is 37.1 Å². The van der Waals surface area contributed by atoms with Crippen molar-refractivity contribution >= 4 is 11.8 Å². The number of hydrogen-bond acceptors (Lipinski definition) is 4. The summed E-state index contributed by atoms with van der Waals surface area (Å²) in [5.74, 6) is -0.474. The van der Waals surface area contributed by atoms with Gasteiger partial charge in [-0.2, -0.15) is 0 Å². The first kappa shape index (κ1) is 17.5. The van der Waals surface area contributed by atoms with Crippen LogP contribution in [-0.2, 0) is 16.8 Å². The fourth-order valence-corrected chi connectivity index (χ4v) is 3.92. The summed E-state index contributed by atoms with van der Waals surface area (Å²) in [5.41, 5.74) is 1.52. The van der Waals surface area contributed by atoms with Crippen molar-refractivity contribution in [3.05, 3.63) is 59.2 Å². The molecule has 2 aliphatic rings. The van der Waals surface area contributed by atoms with E-state index in [-0.39, 0.29) is 24.0 Å². The lowest BCUT2D eigenvalue weighted by atomic mass is 9.85. The van der Waals surface area contributed by atoms with Crippen LogP contribution in [0.25, 0.3) is 0 Å². The fraction of sp³-hybridized carbons (Fsp3) is 0.350. The number of piperidine rings is 1. The summed E-state index contributed by atoms with van der Waals surface area (Å²) >= 11 is 0. The number of fused-ring (bicyclic) bond motifs is 2. The number of amides is 2. The Hall–Kier alpha value is -2.96. The second kappa shape index (κ2) is 6.64. The highest BCUT2D eigenvalue weighted by atomic mass is 19.1. The van der Waals surface area contributed by atoms with Crippen LogP contribution >= 0.6 is 0 Å². The van der Waals surface area contributed by atoms with Gasteiger partial charge in [-0.1, -0.05) is 6.07 Å². The minimum atomic E-state index is -0.489. The lowest BCUT2D eigenvalue weighted by Gasteiger charge is -2.39. The second-order valence-corrected chi connectivity index (χ2v) is 6.96. The van der Waals surface area contributed by atoms with E-state index < -0.39 is 11.4 Å². The van der Waals surface area contributed by atoms with Gasteiger partial charge in [0.1, 0.15) is 0 Å². The average Bonchev–Trinajstić information content (AvgIpc) is 2.94. The number of benzene rings is 1. The van der Waals surface area contributed by atoms with Crippen LogP contribution in [0.1, 0.15) is 34.5 Å². The zero-order valence-corrected chi connectivity index (χ0v) is 15.0. The van der Waals surface area contributed by atoms with E-state index in [1.165, 1.54) is 19.2 Å². The molecule has 2 amide bonds. The number of nitrogens with zero attached hydrogens (tertiary/aromatic N) is 2. The van der Waals surface area contributed by atoms with Crippen LogP contribution < -0.4 is 10.1 Å². The molecule has 1 saturated heterocycles. The molecule has 4 rings (SSSR count). The van der Waals surface area contributed by atoms with Crippen molar-refractivity contribution in [2.45, 2.75) is 24.8 Å². The smallest absolute Gasteiger partial charge is 0.253 e. The Labute approximate surface area is 156 Å². The molecule has 3 heterocycles. The molecule has 27 heavy (non-hydrogen) atoms. The van der Waals surface area contributed by atoms with Crippen LogP contribution in [0, 0.1) is 5.82 Å². The van der Waals surface area contributed by atoms with Crippen molar-refractivity contribution in [3.63, 3.8) is 0 Å². The van der Waals surface area contributed by atoms with Gasteiger partial charge in [0.05, 0.1) is 30.3 Å². The quantitative estimate of drug-likeness (QED) is 0.899. The molecule has 1 fully saturated rings. The zero-order chi connectivity index (χ0) is 19.0. The highest BCUT2D eigenvalue weighted by Crippen LogP contribution is 2.38. The SMILES string of the molecule is COc1ccc(CC(=O)N2CCC3(CC2)NC(=O)c2cccnc23)cc1F. The van der Waals surface area contributed by atoms with Gasteiger partial charge in [0.25, 0.3) is 5.91 Å². The molecule has 1 aromatic carbocycles. The van der Waals surface area contributed by atoms with Gasteiger partial charge >= 0.3 is 0 Å². The topological polar surface area (TPSA) is 71.5 Å². The van der Waals surface area contributed by atoms with Crippen molar-refractivity contribution in [3.8, 4) is 5.75 Å². The van der Waals surface area contributed by atoms with Crippen LogP contribution in [0.4, 0.5) is 4.39 Å². The van der Waals surface area contributed by atoms with Crippen molar-refractivity contribution in [2.24, 2.45) is 0 Å². The maximum Gasteiger partial charge on any atom is 0.253 e. The number of rotatable bonds is 3. The zero-order valence-electron chi connectivity index (χ0n) is 15.0. The molecular weight excluding hydrogens is 349 g/mol. The lowest BCUT2D eigenvalue weighted by molar-refractivity contribution is -0.132. The van der Waals surface area contributed by atoms with E-state index in [2.05, 4.69) is 10.3 Å². The van der Waals surface area contributed by atoms with Gasteiger partial charge in [0.15, 0.2) is 11.6 Å². The van der Waals surface area contributed by atoms with Gasteiger partial charge in [-0.3, -0.25) is 14.6 Å². The number of aromatic nitrogens is 1. The van der Waals surface area contributed by atoms with Crippen LogP contribution in [0.5, 0.6) is 5.75 Å². The van der Waals surface area contributed by atoms with Crippen molar-refractivity contribution in [1.82, 2.24) is 15.2 Å². The molecule has 2 aliphatic heterocycles. The molecule has 0 bridgehead atoms. The average molecular weight is 369 g/mol. The number of pyridine rings is 1. The minimum Gasteiger partial charge on any atom is -0.494 e. The lowest BCUT2D eigenvalue weighted by Crippen LogP contribution is -2.51. The number of nitrogens with one attached hydrogen (secondary N) is 1. The highest BCUT2D eigenvalue weighted by molar-refractivity contribution is 5.99. The molecule has 0 radical (unpaired) electrons. The summed E-state index contributed by atoms with van der Waals surface area (Å²) in [6, 6.07) is 8.09. The molecule has 1 aromatic heterocycles. The summed E-state index contributed by atoms with van der Waals surface area (Å²) in [6.45, 7) is 1.04. The summed E-state index contributed by atoms with van der Waals surface area (Å²) in [5, 5.41) is 3.06. The van der Waals surface area contributed by atoms with E-state index >= 15 is 0 Å². The second-order valence-electron chi connectivity index (χ2n) is 6.96. The Kier molecular flexibility index (Phi) is 4.30. The first-order valence-electron chi connectivity index (χ1n) is 8.91. The molecule has 140 valence electrons. The third-order valence-electron chi connectivity index (χ3n) is 5.40. The molecule has 0 aliphatic carbocycles. The van der Waals surface area contributed by atoms with Gasteiger partial charge in [0.2, 0.25) is 5.91 Å². The standard InChI is InChI=1S/C20H20FN3O3/c1-27-16-5-4-13(11-15(16)21)12-17(25)24-9-6-20(7-10-24)18-14(19(26)23-20)3-2-8-22-18/h2-5,8,11H,6-7,9-10,12H2,1H3,(H,23,26). The third kappa shape index (κ3) is 3.03. The molecule has 0 saturated carbocycles. The Balaban J connectivity index is 1.43. The summed E-state index contributed by atoms with van der Waals surface area (Å²) in [7, 11) is 1.40. The Bertz CT molecular complexity index is 907. The van der Waals surface area contributed by atoms with Crippen molar-refractivity contribution < 1.29 is 18.7 Å². The molecule has 6 nitrogen and oxygen atoms in total. The number of carbonyl (C=O) groups excluding carboxylic acids is 2. The molecule has 7 heteroatoms. The van der Waals surface area contributed by atoms with Crippen LogP contribution in [-0.4, -0.2) is 41.9 Å². The first-order valence-corrected chi connectivity index (χ1v) is 8.91. The summed E-state index contributed by atoms with van der Waals surface area (Å²) in [6.07, 6.45) is 3.06. The Morgan fingerprint density at radius 3 is 2.81 bits per heavy atom. The van der Waals surface area contributed by atoms with Gasteiger partial charge < -0.3 is 15.0 Å². The van der Waals surface area contributed by atoms with Gasteiger partial charge in [-0.15, -0.1) is 0 Å². The van der Waals surface area contributed by atoms with Crippen LogP contribution in [0.15, 0.2) is 36.5 Å². The maximum atomic E-state index is 13.8. The number of carbonyl (C=O) groups is 2. The Morgan fingerprint density at radius 1 is 1.33 bits per heavy atom. The summed E-state index contributed by atoms with van der Waals surface area (Å²) in [4.78, 5) is 31.0. The van der Waals surface area contributed by atoms with E-state index in [1.54, 1.807) is 29.3 Å². The number of ether oxygens (including phenoxy) is 1. The van der Waals surface area contributed by atoms with E-state index in [4.69, 9.17) is 4.74 Å². The highest BCUT2D eigenvalue weighted by Gasteiger charge is 2.46. The van der Waals surface area contributed by atoms with Crippen LogP contribution in [0.3, 0.4) is 0 Å². The van der Waals surface area contributed by atoms with E-state index in [9.17, 15) is 14.0 Å². The third-order valence-corrected chi connectivity index (χ3v) is 5.40.